The smallest absolute Gasteiger partial charge is 0.303 e. The molecule has 0 fully saturated rings. The number of carbonyl (C=O) groups is 1. The highest BCUT2D eigenvalue weighted by Gasteiger charge is 2.14. The number of rotatable bonds is 7. The average molecular weight is 235 g/mol. The number of hydrogen-bond donors (Lipinski definition) is 2. The minimum atomic E-state index is -0.739. The molecule has 0 saturated carbocycles. The first-order valence-electron chi connectivity index (χ1n) is 6.16. The first-order valence-corrected chi connectivity index (χ1v) is 6.16. The molecule has 0 saturated heterocycles. The first kappa shape index (κ1) is 13.7. The molecular formula is C14H21NO2. The second-order valence-corrected chi connectivity index (χ2v) is 4.37. The van der Waals surface area contributed by atoms with Crippen molar-refractivity contribution in [3.8, 4) is 0 Å². The summed E-state index contributed by atoms with van der Waals surface area (Å²) in [6.07, 6.45) is 1.86. The fraction of sp³-hybridized carbons (Fsp3) is 0.500. The van der Waals surface area contributed by atoms with Crippen LogP contribution in [-0.4, -0.2) is 17.1 Å². The van der Waals surface area contributed by atoms with E-state index in [-0.39, 0.29) is 12.5 Å². The summed E-state index contributed by atoms with van der Waals surface area (Å²) in [6.45, 7) is 4.24. The largest absolute Gasteiger partial charge is 0.481 e. The van der Waals surface area contributed by atoms with Crippen molar-refractivity contribution in [3.63, 3.8) is 0 Å². The molecular weight excluding hydrogens is 214 g/mol. The van der Waals surface area contributed by atoms with Gasteiger partial charge in [0, 0.05) is 18.5 Å². The number of nitrogens with one attached hydrogen (secondary N) is 1. The molecule has 0 aromatic heterocycles. The molecule has 2 N–H and O–H groups in total. The van der Waals surface area contributed by atoms with Gasteiger partial charge in [-0.1, -0.05) is 37.3 Å². The number of carboxylic acid groups (broad SMARTS) is 1. The SMILES string of the molecule is CCC(C)NC(CCC(=O)O)c1ccccc1. The van der Waals surface area contributed by atoms with E-state index in [1.165, 1.54) is 0 Å². The molecule has 1 rings (SSSR count). The van der Waals surface area contributed by atoms with Gasteiger partial charge in [0.25, 0.3) is 0 Å². The molecule has 0 aliphatic rings. The normalized spacial score (nSPS) is 14.2. The molecule has 0 bridgehead atoms. The van der Waals surface area contributed by atoms with Crippen molar-refractivity contribution in [2.45, 2.75) is 45.2 Å². The molecule has 3 heteroatoms. The third kappa shape index (κ3) is 5.00. The van der Waals surface area contributed by atoms with Crippen LogP contribution in [0.15, 0.2) is 30.3 Å². The highest BCUT2D eigenvalue weighted by molar-refractivity contribution is 5.66. The van der Waals surface area contributed by atoms with Crippen LogP contribution in [0.2, 0.25) is 0 Å². The molecule has 3 nitrogen and oxygen atoms in total. The van der Waals surface area contributed by atoms with Gasteiger partial charge in [-0.3, -0.25) is 4.79 Å². The lowest BCUT2D eigenvalue weighted by atomic mass is 10.0. The van der Waals surface area contributed by atoms with Gasteiger partial charge in [0.05, 0.1) is 0 Å². The van der Waals surface area contributed by atoms with Crippen LogP contribution in [0.25, 0.3) is 0 Å². The Bertz CT molecular complexity index is 337. The van der Waals surface area contributed by atoms with Gasteiger partial charge >= 0.3 is 5.97 Å². The lowest BCUT2D eigenvalue weighted by Crippen LogP contribution is -2.30. The molecule has 1 aromatic rings. The monoisotopic (exact) mass is 235 g/mol. The predicted molar refractivity (Wildman–Crippen MR) is 68.9 cm³/mol. The Morgan fingerprint density at radius 2 is 2.00 bits per heavy atom. The van der Waals surface area contributed by atoms with Crippen LogP contribution in [0.3, 0.4) is 0 Å². The molecule has 0 aliphatic heterocycles. The van der Waals surface area contributed by atoms with Crippen LogP contribution in [0.4, 0.5) is 0 Å². The van der Waals surface area contributed by atoms with Crippen LogP contribution in [-0.2, 0) is 4.79 Å². The maximum absolute atomic E-state index is 10.7. The van der Waals surface area contributed by atoms with Crippen molar-refractivity contribution in [2.24, 2.45) is 0 Å². The molecule has 0 amide bonds. The van der Waals surface area contributed by atoms with Crippen molar-refractivity contribution >= 4 is 5.97 Å². The second kappa shape index (κ2) is 7.07. The van der Waals surface area contributed by atoms with E-state index in [1.807, 2.05) is 30.3 Å². The molecule has 0 spiro atoms. The molecule has 0 aliphatic carbocycles. The first-order chi connectivity index (χ1) is 8.13. The summed E-state index contributed by atoms with van der Waals surface area (Å²) < 4.78 is 0. The van der Waals surface area contributed by atoms with Gasteiger partial charge in [0.15, 0.2) is 0 Å². The van der Waals surface area contributed by atoms with E-state index in [9.17, 15) is 4.79 Å². The number of carboxylic acids is 1. The zero-order valence-electron chi connectivity index (χ0n) is 10.5. The summed E-state index contributed by atoms with van der Waals surface area (Å²) in [4.78, 5) is 10.7. The lowest BCUT2D eigenvalue weighted by Gasteiger charge is -2.22. The van der Waals surface area contributed by atoms with E-state index < -0.39 is 5.97 Å². The highest BCUT2D eigenvalue weighted by Crippen LogP contribution is 2.19. The molecule has 0 radical (unpaired) electrons. The zero-order valence-corrected chi connectivity index (χ0v) is 10.5. The van der Waals surface area contributed by atoms with Crippen molar-refractivity contribution in [3.05, 3.63) is 35.9 Å². The van der Waals surface area contributed by atoms with Gasteiger partial charge < -0.3 is 10.4 Å². The molecule has 0 heterocycles. The molecule has 17 heavy (non-hydrogen) atoms. The minimum Gasteiger partial charge on any atom is -0.481 e. The number of aliphatic carboxylic acids is 1. The van der Waals surface area contributed by atoms with E-state index in [4.69, 9.17) is 5.11 Å². The van der Waals surface area contributed by atoms with E-state index in [0.29, 0.717) is 12.5 Å². The summed E-state index contributed by atoms with van der Waals surface area (Å²) >= 11 is 0. The standard InChI is InChI=1S/C14H21NO2/c1-3-11(2)15-13(9-10-14(16)17)12-7-5-4-6-8-12/h4-8,11,13,15H,3,9-10H2,1-2H3,(H,16,17). The quantitative estimate of drug-likeness (QED) is 0.764. The highest BCUT2D eigenvalue weighted by atomic mass is 16.4. The van der Waals surface area contributed by atoms with Crippen molar-refractivity contribution in [1.82, 2.24) is 5.32 Å². The molecule has 94 valence electrons. The topological polar surface area (TPSA) is 49.3 Å². The Morgan fingerprint density at radius 1 is 1.35 bits per heavy atom. The summed E-state index contributed by atoms with van der Waals surface area (Å²) in [5.41, 5.74) is 1.16. The summed E-state index contributed by atoms with van der Waals surface area (Å²) in [5, 5.41) is 12.2. The van der Waals surface area contributed by atoms with Crippen LogP contribution in [0, 0.1) is 0 Å². The van der Waals surface area contributed by atoms with Crippen LogP contribution in [0.5, 0.6) is 0 Å². The van der Waals surface area contributed by atoms with Gasteiger partial charge in [-0.05, 0) is 25.3 Å². The third-order valence-corrected chi connectivity index (χ3v) is 2.95. The Kier molecular flexibility index (Phi) is 5.70. The lowest BCUT2D eigenvalue weighted by molar-refractivity contribution is -0.137. The Hall–Kier alpha value is -1.35. The van der Waals surface area contributed by atoms with Crippen LogP contribution < -0.4 is 5.32 Å². The Morgan fingerprint density at radius 3 is 2.53 bits per heavy atom. The molecule has 2 atom stereocenters. The van der Waals surface area contributed by atoms with Crippen LogP contribution >= 0.6 is 0 Å². The van der Waals surface area contributed by atoms with Crippen molar-refractivity contribution in [2.75, 3.05) is 0 Å². The van der Waals surface area contributed by atoms with Gasteiger partial charge in [-0.2, -0.15) is 0 Å². The van der Waals surface area contributed by atoms with E-state index in [0.717, 1.165) is 12.0 Å². The van der Waals surface area contributed by atoms with Gasteiger partial charge in [-0.15, -0.1) is 0 Å². The molecule has 2 unspecified atom stereocenters. The minimum absolute atomic E-state index is 0.127. The fourth-order valence-corrected chi connectivity index (χ4v) is 1.76. The maximum atomic E-state index is 10.7. The number of benzene rings is 1. The van der Waals surface area contributed by atoms with Gasteiger partial charge in [0.1, 0.15) is 0 Å². The molecule has 1 aromatic carbocycles. The summed E-state index contributed by atoms with van der Waals surface area (Å²) in [6, 6.07) is 10.6. The second-order valence-electron chi connectivity index (χ2n) is 4.37. The number of hydrogen-bond acceptors (Lipinski definition) is 2. The zero-order chi connectivity index (χ0) is 12.7. The fourth-order valence-electron chi connectivity index (χ4n) is 1.76. The van der Waals surface area contributed by atoms with Gasteiger partial charge in [0.2, 0.25) is 0 Å². The van der Waals surface area contributed by atoms with Crippen molar-refractivity contribution in [1.29, 1.82) is 0 Å². The third-order valence-electron chi connectivity index (χ3n) is 2.95. The average Bonchev–Trinajstić information content (AvgIpc) is 2.35. The van der Waals surface area contributed by atoms with Crippen molar-refractivity contribution < 1.29 is 9.90 Å². The Balaban J connectivity index is 2.68. The van der Waals surface area contributed by atoms with Crippen LogP contribution in [0.1, 0.15) is 44.7 Å². The predicted octanol–water partition coefficient (Wildman–Crippen LogP) is 2.98. The Labute approximate surface area is 103 Å². The van der Waals surface area contributed by atoms with E-state index >= 15 is 0 Å². The summed E-state index contributed by atoms with van der Waals surface area (Å²) in [7, 11) is 0. The van der Waals surface area contributed by atoms with E-state index in [2.05, 4.69) is 19.2 Å². The van der Waals surface area contributed by atoms with Gasteiger partial charge in [-0.25, -0.2) is 0 Å². The maximum Gasteiger partial charge on any atom is 0.303 e. The summed E-state index contributed by atoms with van der Waals surface area (Å²) in [5.74, 6) is -0.739. The van der Waals surface area contributed by atoms with E-state index in [1.54, 1.807) is 0 Å².